The molecular formula is C19H40Cl2MnN5-5. The van der Waals surface area contributed by atoms with Crippen molar-refractivity contribution in [2.75, 3.05) is 32.7 Å². The monoisotopic (exact) mass is 463 g/mol. The van der Waals surface area contributed by atoms with Crippen molar-refractivity contribution in [1.29, 1.82) is 0 Å². The predicted octanol–water partition coefficient (Wildman–Crippen LogP) is 6.99. The minimum Gasteiger partial charge on any atom is 0 e. The van der Waals surface area contributed by atoms with Gasteiger partial charge in [-0.15, -0.1) is 0 Å². The Hall–Kier alpha value is 0.899. The summed E-state index contributed by atoms with van der Waals surface area (Å²) in [5.41, 5.74) is 0. The van der Waals surface area contributed by atoms with E-state index in [1.54, 1.807) is 0 Å². The number of nitrogens with zero attached hydrogens (tertiary/aromatic N) is 5. The number of halogens is 2. The molecule has 2 unspecified atom stereocenters. The summed E-state index contributed by atoms with van der Waals surface area (Å²) < 4.78 is 0. The zero-order valence-corrected chi connectivity index (χ0v) is 19.1. The molecule has 0 bridgehead atoms. The quantitative estimate of drug-likeness (QED) is 0.347. The summed E-state index contributed by atoms with van der Waals surface area (Å²) >= 11 is 0.00694. The van der Waals surface area contributed by atoms with Crippen LogP contribution in [0, 0.1) is 0 Å². The molecule has 0 amide bonds. The van der Waals surface area contributed by atoms with Crippen LogP contribution in [0.4, 0.5) is 0 Å². The summed E-state index contributed by atoms with van der Waals surface area (Å²) in [5, 5.41) is 24.6. The van der Waals surface area contributed by atoms with Crippen LogP contribution < -0.4 is 0 Å². The van der Waals surface area contributed by atoms with Gasteiger partial charge in [0.2, 0.25) is 0 Å². The maximum absolute atomic E-state index is 4.97. The van der Waals surface area contributed by atoms with Gasteiger partial charge < -0.3 is 26.6 Å². The molecule has 0 N–H and O–H groups in total. The fraction of sp³-hybridized carbons (Fsp3) is 1.00. The Kier molecular flexibility index (Phi) is 13.3. The van der Waals surface area contributed by atoms with Gasteiger partial charge in [0.25, 0.3) is 0 Å². The second-order valence-corrected chi connectivity index (χ2v) is 9.68. The van der Waals surface area contributed by atoms with E-state index in [9.17, 15) is 0 Å². The maximum Gasteiger partial charge on any atom is 0 e. The van der Waals surface area contributed by atoms with Crippen molar-refractivity contribution in [3.63, 3.8) is 0 Å². The van der Waals surface area contributed by atoms with Crippen LogP contribution in [0.1, 0.15) is 62.6 Å². The van der Waals surface area contributed by atoms with Crippen LogP contribution in [0.5, 0.6) is 0 Å². The molecule has 0 aromatic heterocycles. The predicted molar refractivity (Wildman–Crippen MR) is 121 cm³/mol. The van der Waals surface area contributed by atoms with Gasteiger partial charge in [0, 0.05) is 4.28 Å². The third-order valence-corrected chi connectivity index (χ3v) is 5.72. The first-order valence-electron chi connectivity index (χ1n) is 10.4. The molecule has 0 spiro atoms. The molecule has 8 heteroatoms. The third-order valence-electron chi connectivity index (χ3n) is 5.72. The summed E-state index contributed by atoms with van der Waals surface area (Å²) in [4.78, 5) is 0. The molecule has 27 heavy (non-hydrogen) atoms. The van der Waals surface area contributed by atoms with E-state index in [-0.39, 0.29) is 17.4 Å². The van der Waals surface area contributed by atoms with E-state index in [0.717, 1.165) is 32.7 Å². The normalized spacial score (nSPS) is 36.8. The van der Waals surface area contributed by atoms with E-state index in [2.05, 4.69) is 6.92 Å². The first-order chi connectivity index (χ1) is 13.2. The summed E-state index contributed by atoms with van der Waals surface area (Å²) in [6.07, 6.45) is 10.1. The van der Waals surface area contributed by atoms with Gasteiger partial charge in [0.05, 0.1) is 0 Å². The molecule has 0 radical (unpaired) electrons. The summed E-state index contributed by atoms with van der Waals surface area (Å²) in [5.74, 6) is 0. The largest absolute Gasteiger partial charge is 0 e. The Balaban J connectivity index is 0. The minimum atomic E-state index is 0. The van der Waals surface area contributed by atoms with Gasteiger partial charge in [0.15, 0.2) is 0 Å². The van der Waals surface area contributed by atoms with Gasteiger partial charge in [-0.2, -0.15) is 62.9 Å². The first kappa shape index (κ1) is 24.2. The molecule has 1 heterocycles. The van der Waals surface area contributed by atoms with E-state index in [1.807, 2.05) is 0 Å². The Morgan fingerprint density at radius 1 is 0.630 bits per heavy atom. The zero-order valence-electron chi connectivity index (χ0n) is 16.4. The molecule has 1 aliphatic heterocycles. The number of rotatable bonds is 0. The Morgan fingerprint density at radius 2 is 0.963 bits per heavy atom. The molecule has 5 atom stereocenters. The second-order valence-electron chi connectivity index (χ2n) is 7.73. The third kappa shape index (κ3) is 9.50. The van der Waals surface area contributed by atoms with E-state index in [0.29, 0.717) is 30.2 Å². The smallest absolute Gasteiger partial charge is 0 e. The van der Waals surface area contributed by atoms with Gasteiger partial charge in [-0.1, -0.05) is 58.3 Å². The number of hydrogen-bond donors (Lipinski definition) is 0. The van der Waals surface area contributed by atoms with Crippen molar-refractivity contribution >= 4 is 20.2 Å². The van der Waals surface area contributed by atoms with Crippen LogP contribution in [0.2, 0.25) is 0 Å². The Morgan fingerprint density at radius 3 is 1.37 bits per heavy atom. The van der Waals surface area contributed by atoms with Crippen LogP contribution in [-0.2, 0) is 13.1 Å². The van der Waals surface area contributed by atoms with Crippen molar-refractivity contribution in [1.82, 2.24) is 0 Å². The van der Waals surface area contributed by atoms with Gasteiger partial charge >= 0.3 is 33.3 Å². The van der Waals surface area contributed by atoms with Crippen molar-refractivity contribution in [3.05, 3.63) is 26.6 Å². The summed E-state index contributed by atoms with van der Waals surface area (Å²) in [6.45, 7) is 6.50. The Bertz CT molecular complexity index is 394. The van der Waals surface area contributed by atoms with Gasteiger partial charge in [-0.05, 0) is 0 Å². The van der Waals surface area contributed by atoms with Crippen LogP contribution >= 0.6 is 20.2 Å². The second kappa shape index (κ2) is 14.8. The van der Waals surface area contributed by atoms with Crippen molar-refractivity contribution in [3.8, 4) is 0 Å². The van der Waals surface area contributed by atoms with Crippen molar-refractivity contribution in [2.24, 2.45) is 0 Å². The molecular weight excluding hydrogens is 424 g/mol. The maximum atomic E-state index is 4.97. The molecule has 5 nitrogen and oxygen atoms in total. The molecule has 3 rings (SSSR count). The van der Waals surface area contributed by atoms with E-state index in [4.69, 9.17) is 46.8 Å². The number of fused-ring (bicyclic) bond motifs is 2. The molecule has 0 aromatic rings. The standard InChI is InChI=1S/C19H34N5.2ClH.Mn.3H2/c1-15-14-24-19-9-5-4-8-18(19)23-13-12-22-17-7-3-2-6-16(17)21-11-10-20-15;;;;;;/h15-19H,2-14H2,1H3;2*1H;;3*1H/q-5;;;+2;;;/p-2/t15-,16?,17?,18-,19-;;;;;;/m1....../s1. The molecule has 1 saturated heterocycles. The van der Waals surface area contributed by atoms with Crippen LogP contribution in [0.15, 0.2) is 0 Å². The van der Waals surface area contributed by atoms with E-state index >= 15 is 0 Å². The van der Waals surface area contributed by atoms with Crippen LogP contribution in [0.25, 0.3) is 26.6 Å². The molecule has 2 saturated carbocycles. The molecule has 2 aliphatic carbocycles. The van der Waals surface area contributed by atoms with Crippen molar-refractivity contribution in [2.45, 2.75) is 88.5 Å². The molecule has 3 aliphatic rings. The average Bonchev–Trinajstić information content (AvgIpc) is 2.69. The fourth-order valence-electron chi connectivity index (χ4n) is 4.33. The van der Waals surface area contributed by atoms with Gasteiger partial charge in [-0.25, -0.2) is 0 Å². The average molecular weight is 464 g/mol. The van der Waals surface area contributed by atoms with Gasteiger partial charge in [-0.3, -0.25) is 0 Å². The minimum absolute atomic E-state index is 0. The van der Waals surface area contributed by atoms with E-state index in [1.165, 1.54) is 51.4 Å². The molecule has 167 valence electrons. The first-order valence-corrected chi connectivity index (χ1v) is 13.7. The Labute approximate surface area is 185 Å². The SMILES string of the molecule is C[C@@H]1C[N-][C@@H]2CCCC[C@H]2[N-]CC[N-]C2CCCCC2[N-]CC[N-]1.[Cl][Mn][Cl].[HH].[HH].[HH]. The topological polar surface area (TPSA) is 70.5 Å². The van der Waals surface area contributed by atoms with Crippen LogP contribution in [-0.4, -0.2) is 62.9 Å². The molecule has 3 fully saturated rings. The van der Waals surface area contributed by atoms with Crippen LogP contribution in [0.3, 0.4) is 0 Å². The fourth-order valence-corrected chi connectivity index (χ4v) is 4.33. The van der Waals surface area contributed by atoms with E-state index < -0.39 is 0 Å². The van der Waals surface area contributed by atoms with Gasteiger partial charge in [0.1, 0.15) is 0 Å². The van der Waals surface area contributed by atoms with Crippen molar-refractivity contribution < 1.29 is 17.4 Å². The zero-order chi connectivity index (χ0) is 19.3. The number of hydrogen-bond acceptors (Lipinski definition) is 0. The summed E-state index contributed by atoms with van der Waals surface area (Å²) in [6, 6.07) is 2.04. The molecule has 0 aromatic carbocycles. The summed E-state index contributed by atoms with van der Waals surface area (Å²) in [7, 11) is 9.59.